The second kappa shape index (κ2) is 7.48. The summed E-state index contributed by atoms with van der Waals surface area (Å²) in [6.07, 6.45) is 1.12. The van der Waals surface area contributed by atoms with E-state index in [2.05, 4.69) is 36.5 Å². The van der Waals surface area contributed by atoms with Gasteiger partial charge in [-0.3, -0.25) is 0 Å². The zero-order valence-electron chi connectivity index (χ0n) is 12.9. The molecule has 3 heteroatoms. The molecule has 21 heavy (non-hydrogen) atoms. The lowest BCUT2D eigenvalue weighted by atomic mass is 10.0. The van der Waals surface area contributed by atoms with Crippen molar-refractivity contribution in [3.05, 3.63) is 52.5 Å². The lowest BCUT2D eigenvalue weighted by Crippen LogP contribution is -2.14. The highest BCUT2D eigenvalue weighted by atomic mass is 35.5. The van der Waals surface area contributed by atoms with E-state index in [1.807, 2.05) is 19.1 Å². The second-order valence-electron chi connectivity index (χ2n) is 5.17. The van der Waals surface area contributed by atoms with Gasteiger partial charge in [0.05, 0.1) is 7.11 Å². The van der Waals surface area contributed by atoms with Gasteiger partial charge in [0.15, 0.2) is 0 Å². The van der Waals surface area contributed by atoms with Crippen LogP contribution < -0.4 is 10.1 Å². The predicted octanol–water partition coefficient (Wildman–Crippen LogP) is 4.82. The van der Waals surface area contributed by atoms with Gasteiger partial charge in [-0.2, -0.15) is 0 Å². The van der Waals surface area contributed by atoms with Gasteiger partial charge in [0.1, 0.15) is 5.75 Å². The smallest absolute Gasteiger partial charge is 0.123 e. The van der Waals surface area contributed by atoms with E-state index in [0.29, 0.717) is 0 Å². The Labute approximate surface area is 132 Å². The molecule has 0 unspecified atom stereocenters. The van der Waals surface area contributed by atoms with Crippen LogP contribution in [0.4, 0.5) is 0 Å². The molecule has 0 saturated heterocycles. The Hall–Kier alpha value is -1.51. The van der Waals surface area contributed by atoms with Gasteiger partial charge in [-0.1, -0.05) is 36.7 Å². The molecule has 0 amide bonds. The maximum Gasteiger partial charge on any atom is 0.123 e. The fourth-order valence-electron chi connectivity index (χ4n) is 2.27. The minimum Gasteiger partial charge on any atom is -0.496 e. The van der Waals surface area contributed by atoms with Crippen molar-refractivity contribution in [3.63, 3.8) is 0 Å². The monoisotopic (exact) mass is 303 g/mol. The maximum atomic E-state index is 6.23. The highest BCUT2D eigenvalue weighted by Gasteiger charge is 2.07. The molecule has 0 aliphatic rings. The van der Waals surface area contributed by atoms with Crippen LogP contribution in [0.25, 0.3) is 11.1 Å². The summed E-state index contributed by atoms with van der Waals surface area (Å²) in [7, 11) is 1.71. The van der Waals surface area contributed by atoms with Crippen molar-refractivity contribution in [1.82, 2.24) is 5.32 Å². The van der Waals surface area contributed by atoms with Gasteiger partial charge in [0.25, 0.3) is 0 Å². The first-order valence-corrected chi connectivity index (χ1v) is 7.67. The highest BCUT2D eigenvalue weighted by molar-refractivity contribution is 6.31. The topological polar surface area (TPSA) is 21.3 Å². The molecule has 1 N–H and O–H groups in total. The van der Waals surface area contributed by atoms with Crippen molar-refractivity contribution < 1.29 is 4.74 Å². The van der Waals surface area contributed by atoms with Gasteiger partial charge in [0.2, 0.25) is 0 Å². The third kappa shape index (κ3) is 3.99. The van der Waals surface area contributed by atoms with Gasteiger partial charge >= 0.3 is 0 Å². The summed E-state index contributed by atoms with van der Waals surface area (Å²) in [4.78, 5) is 0. The first-order chi connectivity index (χ1) is 10.2. The summed E-state index contributed by atoms with van der Waals surface area (Å²) < 4.78 is 5.44. The number of halogens is 1. The van der Waals surface area contributed by atoms with Gasteiger partial charge in [-0.05, 0) is 54.8 Å². The highest BCUT2D eigenvalue weighted by Crippen LogP contribution is 2.29. The van der Waals surface area contributed by atoms with Crippen LogP contribution >= 0.6 is 11.6 Å². The van der Waals surface area contributed by atoms with Crippen molar-refractivity contribution in [1.29, 1.82) is 0 Å². The van der Waals surface area contributed by atoms with Crippen LogP contribution in [0.5, 0.6) is 5.75 Å². The number of benzene rings is 2. The van der Waals surface area contributed by atoms with E-state index in [4.69, 9.17) is 16.3 Å². The van der Waals surface area contributed by atoms with Crippen LogP contribution in [0.15, 0.2) is 36.4 Å². The van der Waals surface area contributed by atoms with Crippen LogP contribution in [0.2, 0.25) is 5.02 Å². The first kappa shape index (κ1) is 15.9. The van der Waals surface area contributed by atoms with E-state index in [-0.39, 0.29) is 0 Å². The molecule has 0 fully saturated rings. The Morgan fingerprint density at radius 1 is 1.10 bits per heavy atom. The van der Waals surface area contributed by atoms with E-state index in [9.17, 15) is 0 Å². The molecule has 0 aliphatic carbocycles. The molecule has 0 aliphatic heterocycles. The van der Waals surface area contributed by atoms with E-state index in [1.165, 1.54) is 5.56 Å². The molecule has 2 aromatic rings. The Kier molecular flexibility index (Phi) is 5.66. The minimum absolute atomic E-state index is 0.800. The van der Waals surface area contributed by atoms with Crippen molar-refractivity contribution in [2.24, 2.45) is 0 Å². The van der Waals surface area contributed by atoms with E-state index in [0.717, 1.165) is 47.0 Å². The van der Waals surface area contributed by atoms with Crippen LogP contribution in [-0.2, 0) is 6.54 Å². The third-order valence-corrected chi connectivity index (χ3v) is 3.93. The molecule has 0 atom stereocenters. The van der Waals surface area contributed by atoms with Gasteiger partial charge in [-0.15, -0.1) is 0 Å². The fraction of sp³-hybridized carbons (Fsp3) is 0.333. The van der Waals surface area contributed by atoms with Gasteiger partial charge in [-0.25, -0.2) is 0 Å². The molecular weight excluding hydrogens is 282 g/mol. The number of hydrogen-bond donors (Lipinski definition) is 1. The first-order valence-electron chi connectivity index (χ1n) is 7.30. The molecule has 0 saturated carbocycles. The average Bonchev–Trinajstić information content (AvgIpc) is 2.50. The van der Waals surface area contributed by atoms with Gasteiger partial charge < -0.3 is 10.1 Å². The van der Waals surface area contributed by atoms with Crippen molar-refractivity contribution in [3.8, 4) is 16.9 Å². The maximum absolute atomic E-state index is 6.23. The van der Waals surface area contributed by atoms with E-state index >= 15 is 0 Å². The summed E-state index contributed by atoms with van der Waals surface area (Å²) in [5.41, 5.74) is 4.55. The third-order valence-electron chi connectivity index (χ3n) is 3.53. The fourth-order valence-corrected chi connectivity index (χ4v) is 2.45. The molecular formula is C18H22ClNO. The minimum atomic E-state index is 0.800. The Balaban J connectivity index is 2.31. The molecule has 112 valence electrons. The Morgan fingerprint density at radius 2 is 1.81 bits per heavy atom. The molecule has 0 spiro atoms. The molecule has 0 radical (unpaired) electrons. The zero-order chi connectivity index (χ0) is 15.2. The van der Waals surface area contributed by atoms with Crippen LogP contribution in [0.3, 0.4) is 0 Å². The SMILES string of the molecule is CCCNCc1cc(-c2ccc(C)c(Cl)c2)ccc1OC. The predicted molar refractivity (Wildman–Crippen MR) is 90.2 cm³/mol. The lowest BCUT2D eigenvalue weighted by molar-refractivity contribution is 0.408. The quantitative estimate of drug-likeness (QED) is 0.772. The largest absolute Gasteiger partial charge is 0.496 e. The number of hydrogen-bond acceptors (Lipinski definition) is 2. The van der Waals surface area contributed by atoms with Crippen LogP contribution in [0.1, 0.15) is 24.5 Å². The van der Waals surface area contributed by atoms with E-state index in [1.54, 1.807) is 7.11 Å². The summed E-state index contributed by atoms with van der Waals surface area (Å²) in [5, 5.41) is 4.22. The number of ether oxygens (including phenoxy) is 1. The molecule has 0 bridgehead atoms. The zero-order valence-corrected chi connectivity index (χ0v) is 13.6. The number of aryl methyl sites for hydroxylation is 1. The Bertz CT molecular complexity index is 610. The summed E-state index contributed by atoms with van der Waals surface area (Å²) in [5.74, 6) is 0.917. The normalized spacial score (nSPS) is 10.7. The molecule has 0 aromatic heterocycles. The standard InChI is InChI=1S/C18H22ClNO/c1-4-9-20-12-16-10-14(7-8-18(16)21-3)15-6-5-13(2)17(19)11-15/h5-8,10-11,20H,4,9,12H2,1-3H3. The molecule has 2 nitrogen and oxygen atoms in total. The van der Waals surface area contributed by atoms with Crippen molar-refractivity contribution in [2.75, 3.05) is 13.7 Å². The number of nitrogens with one attached hydrogen (secondary N) is 1. The molecule has 0 heterocycles. The number of methoxy groups -OCH3 is 1. The van der Waals surface area contributed by atoms with Crippen molar-refractivity contribution >= 4 is 11.6 Å². The lowest BCUT2D eigenvalue weighted by Gasteiger charge is -2.12. The van der Waals surface area contributed by atoms with Crippen LogP contribution in [-0.4, -0.2) is 13.7 Å². The summed E-state index contributed by atoms with van der Waals surface area (Å²) >= 11 is 6.23. The second-order valence-corrected chi connectivity index (χ2v) is 5.57. The van der Waals surface area contributed by atoms with E-state index < -0.39 is 0 Å². The molecule has 2 aromatic carbocycles. The van der Waals surface area contributed by atoms with Crippen molar-refractivity contribution in [2.45, 2.75) is 26.8 Å². The summed E-state index contributed by atoms with van der Waals surface area (Å²) in [6.45, 7) is 5.99. The Morgan fingerprint density at radius 3 is 2.48 bits per heavy atom. The molecule has 2 rings (SSSR count). The van der Waals surface area contributed by atoms with Gasteiger partial charge in [0, 0.05) is 17.1 Å². The number of rotatable bonds is 6. The van der Waals surface area contributed by atoms with Crippen LogP contribution in [0, 0.1) is 6.92 Å². The average molecular weight is 304 g/mol. The summed E-state index contributed by atoms with van der Waals surface area (Å²) in [6, 6.07) is 12.4.